The van der Waals surface area contributed by atoms with Gasteiger partial charge in [-0.2, -0.15) is 0 Å². The van der Waals surface area contributed by atoms with Crippen LogP contribution in [0.3, 0.4) is 0 Å². The van der Waals surface area contributed by atoms with E-state index in [1.54, 1.807) is 0 Å². The average molecular weight is 205 g/mol. The van der Waals surface area contributed by atoms with Crippen molar-refractivity contribution < 1.29 is 4.74 Å². The lowest BCUT2D eigenvalue weighted by molar-refractivity contribution is 0.349. The summed E-state index contributed by atoms with van der Waals surface area (Å²) in [4.78, 5) is 0. The molecule has 1 aromatic rings. The molecular weight excluding hydrogens is 186 g/mol. The predicted octanol–water partition coefficient (Wildman–Crippen LogP) is 3.05. The minimum absolute atomic E-state index is 0.0738. The van der Waals surface area contributed by atoms with Crippen LogP contribution in [0.5, 0.6) is 5.75 Å². The largest absolute Gasteiger partial charge is 0.489 e. The Morgan fingerprint density at radius 2 is 2.00 bits per heavy atom. The zero-order valence-electron chi connectivity index (χ0n) is 9.49. The van der Waals surface area contributed by atoms with Gasteiger partial charge in [-0.3, -0.25) is 0 Å². The normalized spacial score (nSPS) is 12.2. The highest BCUT2D eigenvalue weighted by Crippen LogP contribution is 2.16. The van der Waals surface area contributed by atoms with E-state index in [9.17, 15) is 0 Å². The van der Waals surface area contributed by atoms with Crippen LogP contribution in [-0.2, 0) is 0 Å². The van der Waals surface area contributed by atoms with E-state index in [-0.39, 0.29) is 6.04 Å². The van der Waals surface area contributed by atoms with E-state index < -0.39 is 0 Å². The van der Waals surface area contributed by atoms with Crippen LogP contribution >= 0.6 is 0 Å². The lowest BCUT2D eigenvalue weighted by Gasteiger charge is -2.09. The minimum Gasteiger partial charge on any atom is -0.489 e. The van der Waals surface area contributed by atoms with Crippen molar-refractivity contribution in [1.29, 1.82) is 0 Å². The van der Waals surface area contributed by atoms with Gasteiger partial charge in [-0.25, -0.2) is 0 Å². The number of rotatable bonds is 5. The van der Waals surface area contributed by atoms with E-state index >= 15 is 0 Å². The summed E-state index contributed by atoms with van der Waals surface area (Å²) in [5, 5.41) is 0. The number of benzene rings is 1. The molecule has 82 valence electrons. The Labute approximate surface area is 91.7 Å². The van der Waals surface area contributed by atoms with Crippen LogP contribution in [0.1, 0.15) is 31.9 Å². The highest BCUT2D eigenvalue weighted by Gasteiger charge is 1.99. The first kappa shape index (κ1) is 11.8. The summed E-state index contributed by atoms with van der Waals surface area (Å²) in [6, 6.07) is 7.96. The van der Waals surface area contributed by atoms with E-state index in [0.717, 1.165) is 23.3 Å². The van der Waals surface area contributed by atoms with E-state index in [1.807, 2.05) is 31.2 Å². The van der Waals surface area contributed by atoms with Gasteiger partial charge in [-0.05, 0) is 36.6 Å². The molecule has 0 unspecified atom stereocenters. The van der Waals surface area contributed by atoms with Crippen LogP contribution in [0.2, 0.25) is 0 Å². The summed E-state index contributed by atoms with van der Waals surface area (Å²) in [6.45, 7) is 8.52. The molecule has 0 aliphatic carbocycles. The quantitative estimate of drug-likeness (QED) is 0.750. The van der Waals surface area contributed by atoms with Crippen molar-refractivity contribution >= 4 is 0 Å². The first-order valence-electron chi connectivity index (χ1n) is 5.28. The predicted molar refractivity (Wildman–Crippen MR) is 64.0 cm³/mol. The summed E-state index contributed by atoms with van der Waals surface area (Å²) in [6.07, 6.45) is 0.956. The lowest BCUT2D eigenvalue weighted by atomic mass is 10.1. The summed E-state index contributed by atoms with van der Waals surface area (Å²) in [5.41, 5.74) is 7.98. The highest BCUT2D eigenvalue weighted by atomic mass is 16.5. The molecule has 0 heterocycles. The third kappa shape index (κ3) is 3.76. The molecule has 0 aromatic heterocycles. The molecule has 0 saturated carbocycles. The zero-order chi connectivity index (χ0) is 11.3. The van der Waals surface area contributed by atoms with Crippen LogP contribution in [-0.4, -0.2) is 6.61 Å². The van der Waals surface area contributed by atoms with Crippen LogP contribution < -0.4 is 10.5 Å². The van der Waals surface area contributed by atoms with Gasteiger partial charge < -0.3 is 10.5 Å². The van der Waals surface area contributed by atoms with Gasteiger partial charge in [0.1, 0.15) is 12.4 Å². The van der Waals surface area contributed by atoms with Crippen molar-refractivity contribution in [3.63, 3.8) is 0 Å². The van der Waals surface area contributed by atoms with E-state index in [0.29, 0.717) is 6.61 Å². The molecule has 1 aromatic carbocycles. The molecular formula is C13H19NO. The molecule has 0 aliphatic heterocycles. The molecule has 0 spiro atoms. The molecule has 2 nitrogen and oxygen atoms in total. The second-order valence-corrected chi connectivity index (χ2v) is 3.75. The summed E-state index contributed by atoms with van der Waals surface area (Å²) < 4.78 is 5.55. The van der Waals surface area contributed by atoms with Gasteiger partial charge in [0.25, 0.3) is 0 Å². The molecule has 0 radical (unpaired) electrons. The van der Waals surface area contributed by atoms with Crippen LogP contribution in [0, 0.1) is 0 Å². The molecule has 1 atom stereocenters. The maximum Gasteiger partial charge on any atom is 0.119 e. The van der Waals surface area contributed by atoms with Gasteiger partial charge in [0, 0.05) is 6.04 Å². The van der Waals surface area contributed by atoms with Crippen LogP contribution in [0.25, 0.3) is 0 Å². The van der Waals surface area contributed by atoms with Crippen molar-refractivity contribution in [3.8, 4) is 5.75 Å². The number of nitrogens with two attached hydrogens (primary N) is 1. The Hall–Kier alpha value is -1.28. The molecule has 0 fully saturated rings. The van der Waals surface area contributed by atoms with Gasteiger partial charge in [-0.15, -0.1) is 0 Å². The van der Waals surface area contributed by atoms with E-state index in [4.69, 9.17) is 10.5 Å². The second kappa shape index (κ2) is 5.56. The van der Waals surface area contributed by atoms with E-state index in [1.165, 1.54) is 0 Å². The lowest BCUT2D eigenvalue weighted by Crippen LogP contribution is -2.05. The minimum atomic E-state index is 0.0738. The number of ether oxygens (including phenoxy) is 1. The van der Waals surface area contributed by atoms with Gasteiger partial charge in [0.05, 0.1) is 0 Å². The molecule has 0 saturated heterocycles. The summed E-state index contributed by atoms with van der Waals surface area (Å²) in [7, 11) is 0. The zero-order valence-corrected chi connectivity index (χ0v) is 9.49. The Bertz CT molecular complexity index is 314. The van der Waals surface area contributed by atoms with Gasteiger partial charge in [0.15, 0.2) is 0 Å². The maximum absolute atomic E-state index is 5.75. The number of hydrogen-bond acceptors (Lipinski definition) is 2. The molecule has 15 heavy (non-hydrogen) atoms. The summed E-state index contributed by atoms with van der Waals surface area (Å²) in [5.74, 6) is 0.869. The topological polar surface area (TPSA) is 35.2 Å². The highest BCUT2D eigenvalue weighted by molar-refractivity contribution is 5.29. The van der Waals surface area contributed by atoms with Crippen molar-refractivity contribution in [3.05, 3.63) is 42.0 Å². The SMILES string of the molecule is C=C(CC)COc1ccc([C@H](C)N)cc1. The maximum atomic E-state index is 5.75. The van der Waals surface area contributed by atoms with Crippen LogP contribution in [0.15, 0.2) is 36.4 Å². The number of hydrogen-bond donors (Lipinski definition) is 1. The molecule has 0 bridgehead atoms. The molecule has 2 heteroatoms. The first-order chi connectivity index (χ1) is 7.13. The molecule has 2 N–H and O–H groups in total. The fourth-order valence-electron chi connectivity index (χ4n) is 1.16. The van der Waals surface area contributed by atoms with Gasteiger partial charge in [0.2, 0.25) is 0 Å². The van der Waals surface area contributed by atoms with Crippen molar-refractivity contribution in [2.45, 2.75) is 26.3 Å². The van der Waals surface area contributed by atoms with Gasteiger partial charge in [-0.1, -0.05) is 25.6 Å². The Morgan fingerprint density at radius 3 is 2.47 bits per heavy atom. The third-order valence-electron chi connectivity index (χ3n) is 2.35. The summed E-state index contributed by atoms with van der Waals surface area (Å²) >= 11 is 0. The Balaban J connectivity index is 2.53. The average Bonchev–Trinajstić information content (AvgIpc) is 2.26. The second-order valence-electron chi connectivity index (χ2n) is 3.75. The fraction of sp³-hybridized carbons (Fsp3) is 0.385. The van der Waals surface area contributed by atoms with Crippen LogP contribution in [0.4, 0.5) is 0 Å². The standard InChI is InChI=1S/C13H19NO/c1-4-10(2)9-15-13-7-5-12(6-8-13)11(3)14/h5-8,11H,2,4,9,14H2,1,3H3/t11-/m0/s1. The Kier molecular flexibility index (Phi) is 4.37. The Morgan fingerprint density at radius 1 is 1.40 bits per heavy atom. The van der Waals surface area contributed by atoms with Crippen molar-refractivity contribution in [2.75, 3.05) is 6.61 Å². The molecule has 0 amide bonds. The monoisotopic (exact) mass is 205 g/mol. The van der Waals surface area contributed by atoms with Crippen molar-refractivity contribution in [2.24, 2.45) is 5.73 Å². The molecule has 0 aliphatic rings. The van der Waals surface area contributed by atoms with Crippen molar-refractivity contribution in [1.82, 2.24) is 0 Å². The fourth-order valence-corrected chi connectivity index (χ4v) is 1.16. The molecule has 1 rings (SSSR count). The first-order valence-corrected chi connectivity index (χ1v) is 5.28. The van der Waals surface area contributed by atoms with E-state index in [2.05, 4.69) is 13.5 Å². The smallest absolute Gasteiger partial charge is 0.119 e. The third-order valence-corrected chi connectivity index (χ3v) is 2.35. The van der Waals surface area contributed by atoms with Gasteiger partial charge >= 0.3 is 0 Å².